The maximum Gasteiger partial charge on any atom is 0.252 e. The molecule has 7 nitrogen and oxygen atoms in total. The first-order chi connectivity index (χ1) is 13.9. The molecule has 5 N–H and O–H groups in total. The van der Waals surface area contributed by atoms with Crippen molar-refractivity contribution in [2.45, 2.75) is 43.7 Å². The first-order valence-electron chi connectivity index (χ1n) is 10.1. The van der Waals surface area contributed by atoms with Crippen LogP contribution in [-0.4, -0.2) is 32.6 Å². The molecule has 4 aliphatic rings. The number of primary amides is 1. The summed E-state index contributed by atoms with van der Waals surface area (Å²) in [6, 6.07) is 4.77. The van der Waals surface area contributed by atoms with E-state index >= 15 is 0 Å². The van der Waals surface area contributed by atoms with E-state index in [1.165, 1.54) is 18.3 Å². The SMILES string of the molecule is NC(=O)c1cnc(Nc2ccc(F)cn2)cc1NC1[C@@H]2CC3C[C@H]1CC(O)(C3)C2. The number of carbonyl (C=O) groups is 1. The summed E-state index contributed by atoms with van der Waals surface area (Å²) in [7, 11) is 0. The first kappa shape index (κ1) is 18.3. The van der Waals surface area contributed by atoms with Gasteiger partial charge in [0, 0.05) is 18.3 Å². The number of hydrogen-bond acceptors (Lipinski definition) is 6. The molecule has 5 atom stereocenters. The van der Waals surface area contributed by atoms with Crippen LogP contribution >= 0.6 is 0 Å². The van der Waals surface area contributed by atoms with Crippen molar-refractivity contribution >= 4 is 23.2 Å². The van der Waals surface area contributed by atoms with E-state index in [0.29, 0.717) is 40.6 Å². The Labute approximate surface area is 167 Å². The second-order valence-corrected chi connectivity index (χ2v) is 8.83. The molecule has 4 bridgehead atoms. The molecule has 2 heterocycles. The molecule has 2 aromatic heterocycles. The number of pyridine rings is 2. The summed E-state index contributed by atoms with van der Waals surface area (Å²) in [5.74, 6) is 1.34. The topological polar surface area (TPSA) is 113 Å². The highest BCUT2D eigenvalue weighted by molar-refractivity contribution is 5.98. The zero-order chi connectivity index (χ0) is 20.2. The van der Waals surface area contributed by atoms with Crippen LogP contribution in [0.15, 0.2) is 30.6 Å². The molecule has 29 heavy (non-hydrogen) atoms. The van der Waals surface area contributed by atoms with Gasteiger partial charge in [-0.25, -0.2) is 14.4 Å². The number of amides is 1. The molecular weight excluding hydrogens is 373 g/mol. The van der Waals surface area contributed by atoms with E-state index in [1.807, 2.05) is 0 Å². The van der Waals surface area contributed by atoms with E-state index in [9.17, 15) is 14.3 Å². The number of nitrogens with zero attached hydrogens (tertiary/aromatic N) is 2. The van der Waals surface area contributed by atoms with Crippen molar-refractivity contribution in [3.8, 4) is 0 Å². The van der Waals surface area contributed by atoms with Crippen LogP contribution in [0.2, 0.25) is 0 Å². The number of rotatable bonds is 5. The van der Waals surface area contributed by atoms with Gasteiger partial charge in [0.05, 0.1) is 23.0 Å². The second kappa shape index (κ2) is 6.66. The lowest BCUT2D eigenvalue weighted by molar-refractivity contribution is -0.129. The molecule has 8 heteroatoms. The third-order valence-corrected chi connectivity index (χ3v) is 6.72. The van der Waals surface area contributed by atoms with Gasteiger partial charge < -0.3 is 21.5 Å². The lowest BCUT2D eigenvalue weighted by Crippen LogP contribution is -2.59. The monoisotopic (exact) mass is 397 g/mol. The van der Waals surface area contributed by atoms with Crippen molar-refractivity contribution in [1.82, 2.24) is 9.97 Å². The Hall–Kier alpha value is -2.74. The molecule has 0 aliphatic heterocycles. The van der Waals surface area contributed by atoms with Crippen molar-refractivity contribution in [2.75, 3.05) is 10.6 Å². The molecule has 2 aromatic rings. The minimum atomic E-state index is -0.547. The van der Waals surface area contributed by atoms with Gasteiger partial charge in [-0.2, -0.15) is 0 Å². The fourth-order valence-corrected chi connectivity index (χ4v) is 5.82. The van der Waals surface area contributed by atoms with Gasteiger partial charge in [0.2, 0.25) is 0 Å². The van der Waals surface area contributed by atoms with Crippen molar-refractivity contribution in [3.05, 3.63) is 42.0 Å². The van der Waals surface area contributed by atoms with Gasteiger partial charge in [-0.1, -0.05) is 0 Å². The molecule has 4 fully saturated rings. The van der Waals surface area contributed by atoms with E-state index < -0.39 is 17.3 Å². The standard InChI is InChI=1S/C21H24FN5O2/c22-14-1-2-17(24-9-14)27-18-5-16(15(10-25-18)20(23)28)26-19-12-3-11-4-13(19)8-21(29,6-11)7-12/h1-2,5,9-13,19,29H,3-4,6-8H2,(H2,23,28)(H2,24,25,26,27)/t11?,12-,13+,19?,21?. The van der Waals surface area contributed by atoms with Crippen LogP contribution in [0.1, 0.15) is 42.5 Å². The first-order valence-corrected chi connectivity index (χ1v) is 10.1. The van der Waals surface area contributed by atoms with Gasteiger partial charge >= 0.3 is 0 Å². The third kappa shape index (κ3) is 3.42. The van der Waals surface area contributed by atoms with Crippen LogP contribution in [0.4, 0.5) is 21.7 Å². The molecule has 0 spiro atoms. The summed E-state index contributed by atoms with van der Waals surface area (Å²) < 4.78 is 13.1. The lowest BCUT2D eigenvalue weighted by atomic mass is 9.52. The average Bonchev–Trinajstić information content (AvgIpc) is 2.65. The van der Waals surface area contributed by atoms with Crippen LogP contribution in [0.5, 0.6) is 0 Å². The van der Waals surface area contributed by atoms with Crippen molar-refractivity contribution in [3.63, 3.8) is 0 Å². The average molecular weight is 397 g/mol. The van der Waals surface area contributed by atoms with E-state index in [4.69, 9.17) is 5.73 Å². The number of carbonyl (C=O) groups excluding carboxylic acids is 1. The van der Waals surface area contributed by atoms with Gasteiger partial charge in [0.1, 0.15) is 17.5 Å². The number of aliphatic hydroxyl groups is 1. The molecule has 0 saturated heterocycles. The molecule has 6 rings (SSSR count). The molecule has 3 unspecified atom stereocenters. The Kier molecular flexibility index (Phi) is 4.20. The molecule has 0 aromatic carbocycles. The molecule has 152 valence electrons. The maximum absolute atomic E-state index is 13.1. The lowest BCUT2D eigenvalue weighted by Gasteiger charge is -2.58. The Morgan fingerprint density at radius 1 is 1.14 bits per heavy atom. The minimum Gasteiger partial charge on any atom is -0.390 e. The summed E-state index contributed by atoms with van der Waals surface area (Å²) in [6.45, 7) is 0. The normalized spacial score (nSPS) is 32.2. The highest BCUT2D eigenvalue weighted by atomic mass is 19.1. The largest absolute Gasteiger partial charge is 0.390 e. The summed E-state index contributed by atoms with van der Waals surface area (Å²) in [5.41, 5.74) is 6.01. The maximum atomic E-state index is 13.1. The highest BCUT2D eigenvalue weighted by Gasteiger charge is 2.54. The van der Waals surface area contributed by atoms with E-state index in [1.54, 1.807) is 6.07 Å². The fourth-order valence-electron chi connectivity index (χ4n) is 5.82. The van der Waals surface area contributed by atoms with E-state index in [2.05, 4.69) is 20.6 Å². The van der Waals surface area contributed by atoms with Crippen LogP contribution < -0.4 is 16.4 Å². The zero-order valence-electron chi connectivity index (χ0n) is 15.9. The van der Waals surface area contributed by atoms with Gasteiger partial charge in [-0.3, -0.25) is 4.79 Å². The van der Waals surface area contributed by atoms with Crippen LogP contribution in [0.3, 0.4) is 0 Å². The van der Waals surface area contributed by atoms with Crippen molar-refractivity contribution in [1.29, 1.82) is 0 Å². The Balaban J connectivity index is 1.41. The predicted molar refractivity (Wildman–Crippen MR) is 106 cm³/mol. The molecular formula is C21H24FN5O2. The third-order valence-electron chi connectivity index (χ3n) is 6.72. The Bertz CT molecular complexity index is 935. The van der Waals surface area contributed by atoms with Crippen LogP contribution in [0, 0.1) is 23.6 Å². The molecule has 4 aliphatic carbocycles. The number of nitrogens with two attached hydrogens (primary N) is 1. The Morgan fingerprint density at radius 3 is 2.48 bits per heavy atom. The number of nitrogens with one attached hydrogen (secondary N) is 2. The van der Waals surface area contributed by atoms with E-state index in [-0.39, 0.29) is 6.04 Å². The molecule has 1 amide bonds. The Morgan fingerprint density at radius 2 is 1.86 bits per heavy atom. The van der Waals surface area contributed by atoms with Gasteiger partial charge in [0.15, 0.2) is 0 Å². The molecule has 4 saturated carbocycles. The van der Waals surface area contributed by atoms with E-state index in [0.717, 1.165) is 38.3 Å². The highest BCUT2D eigenvalue weighted by Crippen LogP contribution is 2.56. The zero-order valence-corrected chi connectivity index (χ0v) is 15.9. The van der Waals surface area contributed by atoms with Gasteiger partial charge in [-0.05, 0) is 62.0 Å². The van der Waals surface area contributed by atoms with Gasteiger partial charge in [-0.15, -0.1) is 0 Å². The summed E-state index contributed by atoms with van der Waals surface area (Å²) in [5, 5.41) is 17.4. The van der Waals surface area contributed by atoms with Gasteiger partial charge in [0.25, 0.3) is 5.91 Å². The second-order valence-electron chi connectivity index (χ2n) is 8.83. The number of anilines is 3. The quantitative estimate of drug-likeness (QED) is 0.617. The fraction of sp³-hybridized carbons (Fsp3) is 0.476. The minimum absolute atomic E-state index is 0.198. The summed E-state index contributed by atoms with van der Waals surface area (Å²) in [4.78, 5) is 20.2. The number of hydrogen-bond donors (Lipinski definition) is 4. The summed E-state index contributed by atoms with van der Waals surface area (Å²) >= 11 is 0. The molecule has 0 radical (unpaired) electrons. The number of aromatic nitrogens is 2. The van der Waals surface area contributed by atoms with Crippen LogP contribution in [-0.2, 0) is 0 Å². The van der Waals surface area contributed by atoms with Crippen molar-refractivity contribution in [2.24, 2.45) is 23.5 Å². The smallest absolute Gasteiger partial charge is 0.252 e. The number of halogens is 1. The predicted octanol–water partition coefficient (Wildman–Crippen LogP) is 2.81. The summed E-state index contributed by atoms with van der Waals surface area (Å²) in [6.07, 6.45) is 7.32. The van der Waals surface area contributed by atoms with Crippen LogP contribution in [0.25, 0.3) is 0 Å². The van der Waals surface area contributed by atoms with Crippen molar-refractivity contribution < 1.29 is 14.3 Å².